The van der Waals surface area contributed by atoms with Crippen LogP contribution in [0.15, 0.2) is 24.5 Å². The van der Waals surface area contributed by atoms with Crippen molar-refractivity contribution in [3.63, 3.8) is 0 Å². The predicted octanol–water partition coefficient (Wildman–Crippen LogP) is 1.97. The van der Waals surface area contributed by atoms with Gasteiger partial charge in [-0.05, 0) is 31.2 Å². The van der Waals surface area contributed by atoms with Crippen LogP contribution in [0.1, 0.15) is 25.3 Å². The molecule has 1 aromatic heterocycles. The standard InChI is InChI=1S/C12H19N3S/c1-3-11(8-12(13)16)15(2)9-10-4-6-14-7-5-10/h4-7,11H,3,8-9H2,1-2H3,(H2,13,16). The van der Waals surface area contributed by atoms with Gasteiger partial charge < -0.3 is 5.73 Å². The number of rotatable bonds is 6. The largest absolute Gasteiger partial charge is 0.393 e. The van der Waals surface area contributed by atoms with E-state index in [1.54, 1.807) is 0 Å². The predicted molar refractivity (Wildman–Crippen MR) is 71.2 cm³/mol. The van der Waals surface area contributed by atoms with Gasteiger partial charge in [0.1, 0.15) is 0 Å². The molecule has 3 nitrogen and oxygen atoms in total. The molecule has 1 atom stereocenters. The first-order valence-corrected chi connectivity index (χ1v) is 5.91. The molecule has 4 heteroatoms. The van der Waals surface area contributed by atoms with Crippen molar-refractivity contribution >= 4 is 17.2 Å². The zero-order chi connectivity index (χ0) is 12.0. The van der Waals surface area contributed by atoms with Crippen LogP contribution >= 0.6 is 12.2 Å². The van der Waals surface area contributed by atoms with E-state index in [1.807, 2.05) is 24.5 Å². The lowest BCUT2D eigenvalue weighted by molar-refractivity contribution is 0.233. The van der Waals surface area contributed by atoms with Gasteiger partial charge in [0.05, 0.1) is 4.99 Å². The third-order valence-electron chi connectivity index (χ3n) is 2.71. The highest BCUT2D eigenvalue weighted by Gasteiger charge is 2.13. The molecule has 0 fully saturated rings. The molecule has 2 N–H and O–H groups in total. The Morgan fingerprint density at radius 2 is 2.12 bits per heavy atom. The van der Waals surface area contributed by atoms with Gasteiger partial charge in [-0.15, -0.1) is 0 Å². The maximum Gasteiger partial charge on any atom is 0.0743 e. The molecule has 0 aromatic carbocycles. The molecule has 0 aliphatic heterocycles. The second kappa shape index (κ2) is 6.55. The van der Waals surface area contributed by atoms with Crippen LogP contribution in [0, 0.1) is 0 Å². The Bertz CT molecular complexity index is 326. The molecule has 88 valence electrons. The first-order chi connectivity index (χ1) is 7.63. The van der Waals surface area contributed by atoms with Crippen LogP contribution in [0.4, 0.5) is 0 Å². The SMILES string of the molecule is CCC(CC(N)=S)N(C)Cc1ccncc1. The van der Waals surface area contributed by atoms with Crippen LogP contribution in [0.2, 0.25) is 0 Å². The molecule has 0 amide bonds. The Balaban J connectivity index is 2.55. The van der Waals surface area contributed by atoms with Crippen molar-refractivity contribution < 1.29 is 0 Å². The lowest BCUT2D eigenvalue weighted by Gasteiger charge is -2.26. The minimum Gasteiger partial charge on any atom is -0.393 e. The molecule has 1 unspecified atom stereocenters. The molecule has 1 heterocycles. The fraction of sp³-hybridized carbons (Fsp3) is 0.500. The molecule has 16 heavy (non-hydrogen) atoms. The van der Waals surface area contributed by atoms with Gasteiger partial charge in [0.2, 0.25) is 0 Å². The molecule has 0 saturated heterocycles. The lowest BCUT2D eigenvalue weighted by atomic mass is 10.1. The van der Waals surface area contributed by atoms with E-state index in [1.165, 1.54) is 5.56 Å². The third kappa shape index (κ3) is 4.24. The molecule has 1 rings (SSSR count). The van der Waals surface area contributed by atoms with Gasteiger partial charge in [-0.1, -0.05) is 19.1 Å². The van der Waals surface area contributed by atoms with Gasteiger partial charge in [-0.2, -0.15) is 0 Å². The summed E-state index contributed by atoms with van der Waals surface area (Å²) in [7, 11) is 2.10. The smallest absolute Gasteiger partial charge is 0.0743 e. The van der Waals surface area contributed by atoms with Gasteiger partial charge >= 0.3 is 0 Å². The summed E-state index contributed by atoms with van der Waals surface area (Å²) in [5.41, 5.74) is 6.86. The summed E-state index contributed by atoms with van der Waals surface area (Å²) in [6.07, 6.45) is 5.47. The van der Waals surface area contributed by atoms with E-state index >= 15 is 0 Å². The zero-order valence-electron chi connectivity index (χ0n) is 9.89. The normalized spacial score (nSPS) is 12.7. The highest BCUT2D eigenvalue weighted by atomic mass is 32.1. The van der Waals surface area contributed by atoms with E-state index in [2.05, 4.69) is 23.9 Å². The van der Waals surface area contributed by atoms with Crippen LogP contribution in [0.3, 0.4) is 0 Å². The average Bonchev–Trinajstić information content (AvgIpc) is 2.26. The molecule has 0 bridgehead atoms. The first kappa shape index (κ1) is 13.1. The van der Waals surface area contributed by atoms with Crippen molar-refractivity contribution in [2.75, 3.05) is 7.05 Å². The number of pyridine rings is 1. The van der Waals surface area contributed by atoms with Crippen molar-refractivity contribution in [2.24, 2.45) is 5.73 Å². The quantitative estimate of drug-likeness (QED) is 0.768. The third-order valence-corrected chi connectivity index (χ3v) is 2.88. The lowest BCUT2D eigenvalue weighted by Crippen LogP contribution is -2.34. The molecule has 0 radical (unpaired) electrons. The second-order valence-corrected chi connectivity index (χ2v) is 4.53. The van der Waals surface area contributed by atoms with Crippen LogP contribution in [0.25, 0.3) is 0 Å². The van der Waals surface area contributed by atoms with E-state index in [0.29, 0.717) is 11.0 Å². The summed E-state index contributed by atoms with van der Waals surface area (Å²) in [6.45, 7) is 3.07. The van der Waals surface area contributed by atoms with Crippen LogP contribution in [-0.4, -0.2) is 28.0 Å². The molecule has 0 saturated carbocycles. The molecule has 1 aromatic rings. The summed E-state index contributed by atoms with van der Waals surface area (Å²) < 4.78 is 0. The van der Waals surface area contributed by atoms with E-state index in [0.717, 1.165) is 19.4 Å². The van der Waals surface area contributed by atoms with Gasteiger partial charge in [0.25, 0.3) is 0 Å². The van der Waals surface area contributed by atoms with Crippen molar-refractivity contribution in [2.45, 2.75) is 32.4 Å². The molecular weight excluding hydrogens is 218 g/mol. The number of hydrogen-bond acceptors (Lipinski definition) is 3. The number of thiocarbonyl (C=S) groups is 1. The summed E-state index contributed by atoms with van der Waals surface area (Å²) in [5, 5.41) is 0. The number of nitrogens with two attached hydrogens (primary N) is 1. The Morgan fingerprint density at radius 1 is 1.50 bits per heavy atom. The van der Waals surface area contributed by atoms with Crippen molar-refractivity contribution in [3.05, 3.63) is 30.1 Å². The highest BCUT2D eigenvalue weighted by molar-refractivity contribution is 7.80. The molecule has 0 spiro atoms. The maximum atomic E-state index is 5.59. The van der Waals surface area contributed by atoms with E-state index in [4.69, 9.17) is 18.0 Å². The Hall–Kier alpha value is -1.00. The van der Waals surface area contributed by atoms with Gasteiger partial charge in [-0.25, -0.2) is 0 Å². The Kier molecular flexibility index (Phi) is 5.35. The second-order valence-electron chi connectivity index (χ2n) is 4.00. The van der Waals surface area contributed by atoms with E-state index < -0.39 is 0 Å². The molecule has 0 aliphatic carbocycles. The minimum absolute atomic E-state index is 0.422. The van der Waals surface area contributed by atoms with E-state index in [-0.39, 0.29) is 0 Å². The number of aromatic nitrogens is 1. The maximum absolute atomic E-state index is 5.59. The van der Waals surface area contributed by atoms with Gasteiger partial charge in [0.15, 0.2) is 0 Å². The monoisotopic (exact) mass is 237 g/mol. The molecular formula is C12H19N3S. The van der Waals surface area contributed by atoms with Gasteiger partial charge in [0, 0.05) is 31.4 Å². The number of nitrogens with zero attached hydrogens (tertiary/aromatic N) is 2. The Morgan fingerprint density at radius 3 is 2.62 bits per heavy atom. The fourth-order valence-electron chi connectivity index (χ4n) is 1.75. The van der Waals surface area contributed by atoms with Crippen LogP contribution in [-0.2, 0) is 6.54 Å². The average molecular weight is 237 g/mol. The van der Waals surface area contributed by atoms with E-state index in [9.17, 15) is 0 Å². The molecule has 0 aliphatic rings. The van der Waals surface area contributed by atoms with Crippen LogP contribution in [0.5, 0.6) is 0 Å². The van der Waals surface area contributed by atoms with Crippen molar-refractivity contribution in [1.29, 1.82) is 0 Å². The summed E-state index contributed by atoms with van der Waals surface area (Å²) in [4.78, 5) is 6.88. The van der Waals surface area contributed by atoms with Crippen LogP contribution < -0.4 is 5.73 Å². The minimum atomic E-state index is 0.422. The fourth-order valence-corrected chi connectivity index (χ4v) is 1.94. The topological polar surface area (TPSA) is 42.1 Å². The summed E-state index contributed by atoms with van der Waals surface area (Å²) in [6, 6.07) is 4.49. The summed E-state index contributed by atoms with van der Waals surface area (Å²) in [5.74, 6) is 0. The number of hydrogen-bond donors (Lipinski definition) is 1. The highest BCUT2D eigenvalue weighted by Crippen LogP contribution is 2.11. The van der Waals surface area contributed by atoms with Gasteiger partial charge in [-0.3, -0.25) is 9.88 Å². The summed E-state index contributed by atoms with van der Waals surface area (Å²) >= 11 is 4.96. The van der Waals surface area contributed by atoms with Crippen molar-refractivity contribution in [3.8, 4) is 0 Å². The Labute approximate surface area is 103 Å². The zero-order valence-corrected chi connectivity index (χ0v) is 10.7. The first-order valence-electron chi connectivity index (χ1n) is 5.51. The van der Waals surface area contributed by atoms with Crippen molar-refractivity contribution in [1.82, 2.24) is 9.88 Å².